The Hall–Kier alpha value is -1.77. The smallest absolute Gasteiger partial charge is 0.362 e. The van der Waals surface area contributed by atoms with E-state index in [-0.39, 0.29) is 30.0 Å². The summed E-state index contributed by atoms with van der Waals surface area (Å²) in [7, 11) is -3.08. The molecule has 1 unspecified atom stereocenters. The second kappa shape index (κ2) is 6.51. The molecular weight excluding hydrogens is 357 g/mol. The number of benzene rings is 1. The van der Waals surface area contributed by atoms with Gasteiger partial charge in [0.25, 0.3) is 0 Å². The standard InChI is InChI=1S/C16H19F3N2O3S/c17-16(18,19)12-3-4-14-11(8-12)2-1-6-21(14)9-15(22)20-13-5-7-25(23,24)10-13/h3-4,8,13H,1-2,5-7,9-10H2,(H,20,22). The lowest BCUT2D eigenvalue weighted by Gasteiger charge is -2.31. The molecule has 1 atom stereocenters. The van der Waals surface area contributed by atoms with E-state index in [0.717, 1.165) is 12.1 Å². The normalized spacial score (nSPS) is 22.5. The SMILES string of the molecule is O=C(CN1CCCc2cc(C(F)(F)F)ccc21)NC1CCS(=O)(=O)C1. The Labute approximate surface area is 144 Å². The molecule has 3 rings (SSSR count). The Morgan fingerprint density at radius 2 is 2.08 bits per heavy atom. The van der Waals surface area contributed by atoms with Crippen molar-refractivity contribution in [2.75, 3.05) is 29.5 Å². The predicted octanol–water partition coefficient (Wildman–Crippen LogP) is 1.76. The van der Waals surface area contributed by atoms with Gasteiger partial charge >= 0.3 is 6.18 Å². The van der Waals surface area contributed by atoms with Crippen molar-refractivity contribution in [1.29, 1.82) is 0 Å². The summed E-state index contributed by atoms with van der Waals surface area (Å²) in [6.07, 6.45) is -2.78. The van der Waals surface area contributed by atoms with E-state index in [1.54, 1.807) is 4.90 Å². The first-order chi connectivity index (χ1) is 11.6. The van der Waals surface area contributed by atoms with Gasteiger partial charge in [0.05, 0.1) is 23.6 Å². The average Bonchev–Trinajstić information content (AvgIpc) is 2.84. The minimum Gasteiger partial charge on any atom is -0.362 e. The summed E-state index contributed by atoms with van der Waals surface area (Å²) in [5.41, 5.74) is 0.527. The summed E-state index contributed by atoms with van der Waals surface area (Å²) >= 11 is 0. The van der Waals surface area contributed by atoms with Crippen molar-refractivity contribution in [1.82, 2.24) is 5.32 Å². The van der Waals surface area contributed by atoms with Gasteiger partial charge in [-0.05, 0) is 43.0 Å². The molecule has 5 nitrogen and oxygen atoms in total. The van der Waals surface area contributed by atoms with Gasteiger partial charge in [-0.15, -0.1) is 0 Å². The molecule has 2 aliphatic rings. The zero-order chi connectivity index (χ0) is 18.2. The molecule has 1 amide bonds. The van der Waals surface area contributed by atoms with E-state index in [2.05, 4.69) is 5.32 Å². The first kappa shape index (κ1) is 18.0. The third-order valence-corrected chi connectivity index (χ3v) is 6.32. The number of anilines is 1. The Kier molecular flexibility index (Phi) is 4.70. The summed E-state index contributed by atoms with van der Waals surface area (Å²) in [5.74, 6) is -0.288. The first-order valence-electron chi connectivity index (χ1n) is 8.09. The molecule has 0 aromatic heterocycles. The second-order valence-electron chi connectivity index (χ2n) is 6.53. The number of halogens is 3. The molecule has 0 bridgehead atoms. The highest BCUT2D eigenvalue weighted by atomic mass is 32.2. The van der Waals surface area contributed by atoms with Crippen LogP contribution in [0.1, 0.15) is 24.0 Å². The van der Waals surface area contributed by atoms with Crippen LogP contribution in [0.3, 0.4) is 0 Å². The lowest BCUT2D eigenvalue weighted by molar-refractivity contribution is -0.137. The van der Waals surface area contributed by atoms with E-state index in [0.29, 0.717) is 37.1 Å². The molecule has 1 N–H and O–H groups in total. The second-order valence-corrected chi connectivity index (χ2v) is 8.76. The maximum absolute atomic E-state index is 12.8. The molecule has 1 saturated heterocycles. The lowest BCUT2D eigenvalue weighted by atomic mass is 9.99. The maximum Gasteiger partial charge on any atom is 0.416 e. The number of carbonyl (C=O) groups excluding carboxylic acids is 1. The Morgan fingerprint density at radius 1 is 1.32 bits per heavy atom. The van der Waals surface area contributed by atoms with Gasteiger partial charge in [-0.1, -0.05) is 0 Å². The van der Waals surface area contributed by atoms with Crippen LogP contribution in [-0.2, 0) is 27.2 Å². The van der Waals surface area contributed by atoms with E-state index < -0.39 is 21.6 Å². The molecular formula is C16H19F3N2O3S. The fraction of sp³-hybridized carbons (Fsp3) is 0.562. The predicted molar refractivity (Wildman–Crippen MR) is 87.2 cm³/mol. The van der Waals surface area contributed by atoms with Gasteiger partial charge in [-0.2, -0.15) is 13.2 Å². The summed E-state index contributed by atoms with van der Waals surface area (Å²) in [4.78, 5) is 13.9. The molecule has 25 heavy (non-hydrogen) atoms. The molecule has 1 fully saturated rings. The molecule has 1 aromatic rings. The minimum atomic E-state index is -4.39. The van der Waals surface area contributed by atoms with Crippen molar-refractivity contribution in [3.63, 3.8) is 0 Å². The third kappa shape index (κ3) is 4.26. The van der Waals surface area contributed by atoms with Crippen LogP contribution in [0.5, 0.6) is 0 Å². The summed E-state index contributed by atoms with van der Waals surface area (Å²) in [6, 6.07) is 3.20. The number of fused-ring (bicyclic) bond motifs is 1. The molecule has 2 heterocycles. The first-order valence-corrected chi connectivity index (χ1v) is 9.91. The minimum absolute atomic E-state index is 0.00884. The van der Waals surface area contributed by atoms with Gasteiger partial charge in [0.1, 0.15) is 0 Å². The van der Waals surface area contributed by atoms with Crippen LogP contribution in [0.25, 0.3) is 0 Å². The number of sulfone groups is 1. The van der Waals surface area contributed by atoms with E-state index in [1.165, 1.54) is 6.07 Å². The molecule has 9 heteroatoms. The van der Waals surface area contributed by atoms with Gasteiger partial charge in [0, 0.05) is 18.3 Å². The Bertz CT molecular complexity index is 777. The number of nitrogens with one attached hydrogen (secondary N) is 1. The highest BCUT2D eigenvalue weighted by molar-refractivity contribution is 7.91. The van der Waals surface area contributed by atoms with Crippen molar-refractivity contribution in [2.45, 2.75) is 31.5 Å². The van der Waals surface area contributed by atoms with Gasteiger partial charge < -0.3 is 10.2 Å². The van der Waals surface area contributed by atoms with Crippen LogP contribution in [0.15, 0.2) is 18.2 Å². The molecule has 0 spiro atoms. The number of carbonyl (C=O) groups is 1. The van der Waals surface area contributed by atoms with Crippen LogP contribution in [0.4, 0.5) is 18.9 Å². The lowest BCUT2D eigenvalue weighted by Crippen LogP contribution is -2.44. The topological polar surface area (TPSA) is 66.5 Å². The number of nitrogens with zero attached hydrogens (tertiary/aromatic N) is 1. The Morgan fingerprint density at radius 3 is 2.72 bits per heavy atom. The maximum atomic E-state index is 12.8. The van der Waals surface area contributed by atoms with E-state index in [1.807, 2.05) is 0 Å². The van der Waals surface area contributed by atoms with Gasteiger partial charge in [-0.25, -0.2) is 8.42 Å². The number of hydrogen-bond acceptors (Lipinski definition) is 4. The van der Waals surface area contributed by atoms with Crippen molar-refractivity contribution in [2.24, 2.45) is 0 Å². The highest BCUT2D eigenvalue weighted by Gasteiger charge is 2.33. The van der Waals surface area contributed by atoms with Crippen molar-refractivity contribution < 1.29 is 26.4 Å². The van der Waals surface area contributed by atoms with Crippen molar-refractivity contribution >= 4 is 21.4 Å². The molecule has 0 radical (unpaired) electrons. The molecule has 0 saturated carbocycles. The third-order valence-electron chi connectivity index (χ3n) is 4.55. The molecule has 0 aliphatic carbocycles. The van der Waals surface area contributed by atoms with E-state index in [9.17, 15) is 26.4 Å². The van der Waals surface area contributed by atoms with Gasteiger partial charge in [-0.3, -0.25) is 4.79 Å². The summed E-state index contributed by atoms with van der Waals surface area (Å²) < 4.78 is 61.4. The van der Waals surface area contributed by atoms with Gasteiger partial charge in [0.2, 0.25) is 5.91 Å². The number of rotatable bonds is 3. The summed E-state index contributed by atoms with van der Waals surface area (Å²) in [6.45, 7) is 0.587. The zero-order valence-electron chi connectivity index (χ0n) is 13.5. The fourth-order valence-electron chi connectivity index (χ4n) is 3.37. The zero-order valence-corrected chi connectivity index (χ0v) is 14.3. The molecule has 1 aromatic carbocycles. The van der Waals surface area contributed by atoms with Crippen LogP contribution in [0, 0.1) is 0 Å². The van der Waals surface area contributed by atoms with Crippen LogP contribution < -0.4 is 10.2 Å². The highest BCUT2D eigenvalue weighted by Crippen LogP contribution is 2.35. The van der Waals surface area contributed by atoms with E-state index >= 15 is 0 Å². The van der Waals surface area contributed by atoms with Crippen LogP contribution in [0.2, 0.25) is 0 Å². The van der Waals surface area contributed by atoms with E-state index in [4.69, 9.17) is 0 Å². The molecule has 138 valence electrons. The summed E-state index contributed by atoms with van der Waals surface area (Å²) in [5, 5.41) is 2.71. The van der Waals surface area contributed by atoms with Crippen LogP contribution in [-0.4, -0.2) is 45.0 Å². The molecule has 2 aliphatic heterocycles. The largest absolute Gasteiger partial charge is 0.416 e. The number of amides is 1. The number of alkyl halides is 3. The van der Waals surface area contributed by atoms with Gasteiger partial charge in [0.15, 0.2) is 9.84 Å². The Balaban J connectivity index is 1.68. The van der Waals surface area contributed by atoms with Crippen molar-refractivity contribution in [3.05, 3.63) is 29.3 Å². The fourth-order valence-corrected chi connectivity index (χ4v) is 5.04. The monoisotopic (exact) mass is 376 g/mol. The van der Waals surface area contributed by atoms with Crippen molar-refractivity contribution in [3.8, 4) is 0 Å². The quantitative estimate of drug-likeness (QED) is 0.873. The average molecular weight is 376 g/mol. The number of aryl methyl sites for hydroxylation is 1. The number of hydrogen-bond donors (Lipinski definition) is 1. The van der Waals surface area contributed by atoms with Crippen LogP contribution >= 0.6 is 0 Å².